The fourth-order valence-electron chi connectivity index (χ4n) is 2.81. The van der Waals surface area contributed by atoms with Gasteiger partial charge in [-0.2, -0.15) is 0 Å². The van der Waals surface area contributed by atoms with Crippen molar-refractivity contribution in [3.8, 4) is 0 Å². The number of nitrogens with two attached hydrogens (primary N) is 1. The van der Waals surface area contributed by atoms with E-state index in [9.17, 15) is 0 Å². The van der Waals surface area contributed by atoms with Crippen molar-refractivity contribution >= 4 is 0 Å². The predicted molar refractivity (Wildman–Crippen MR) is 62.5 cm³/mol. The average molecular weight is 204 g/mol. The molecule has 0 spiro atoms. The molecule has 15 heavy (non-hydrogen) atoms. The van der Waals surface area contributed by atoms with Gasteiger partial charge in [-0.05, 0) is 48.8 Å². The minimum Gasteiger partial charge on any atom is -0.321 e. The number of hydrogen-bond acceptors (Lipinski definition) is 2. The molecule has 2 nitrogen and oxygen atoms in total. The van der Waals surface area contributed by atoms with Crippen LogP contribution in [0, 0.1) is 12.3 Å². The van der Waals surface area contributed by atoms with Gasteiger partial charge in [-0.1, -0.05) is 13.8 Å². The zero-order valence-corrected chi connectivity index (χ0v) is 9.88. The Morgan fingerprint density at radius 3 is 2.60 bits per heavy atom. The fourth-order valence-corrected chi connectivity index (χ4v) is 2.81. The van der Waals surface area contributed by atoms with Crippen LogP contribution in [0.1, 0.15) is 44.2 Å². The van der Waals surface area contributed by atoms with E-state index in [0.29, 0.717) is 5.41 Å². The Labute approximate surface area is 91.9 Å². The Kier molecular flexibility index (Phi) is 2.34. The van der Waals surface area contributed by atoms with E-state index in [4.69, 9.17) is 5.73 Å². The summed E-state index contributed by atoms with van der Waals surface area (Å²) in [6, 6.07) is 2.05. The molecule has 82 valence electrons. The Bertz CT molecular complexity index is 371. The zero-order valence-electron chi connectivity index (χ0n) is 9.88. The van der Waals surface area contributed by atoms with E-state index in [2.05, 4.69) is 31.8 Å². The second-order valence-corrected chi connectivity index (χ2v) is 5.69. The largest absolute Gasteiger partial charge is 0.321 e. The monoisotopic (exact) mass is 204 g/mol. The maximum Gasteiger partial charge on any atom is 0.0432 e. The molecular weight excluding hydrogens is 184 g/mol. The van der Waals surface area contributed by atoms with Gasteiger partial charge in [-0.3, -0.25) is 4.98 Å². The lowest BCUT2D eigenvalue weighted by molar-refractivity contribution is 0.338. The first-order chi connectivity index (χ1) is 6.93. The van der Waals surface area contributed by atoms with E-state index >= 15 is 0 Å². The Hall–Kier alpha value is -0.890. The van der Waals surface area contributed by atoms with Crippen molar-refractivity contribution in [2.24, 2.45) is 11.1 Å². The summed E-state index contributed by atoms with van der Waals surface area (Å²) in [5, 5.41) is 0. The summed E-state index contributed by atoms with van der Waals surface area (Å²) in [4.78, 5) is 4.20. The number of rotatable bonds is 1. The molecule has 1 heterocycles. The van der Waals surface area contributed by atoms with Gasteiger partial charge in [0.2, 0.25) is 0 Å². The van der Waals surface area contributed by atoms with Crippen molar-refractivity contribution in [1.82, 2.24) is 4.98 Å². The van der Waals surface area contributed by atoms with Crippen LogP contribution >= 0.6 is 0 Å². The van der Waals surface area contributed by atoms with Crippen LogP contribution in [0.4, 0.5) is 0 Å². The van der Waals surface area contributed by atoms with E-state index < -0.39 is 0 Å². The molecule has 2 rings (SSSR count). The summed E-state index contributed by atoms with van der Waals surface area (Å²) in [6.07, 6.45) is 7.12. The number of aryl methyl sites for hydroxylation is 1. The number of hydrogen-bond donors (Lipinski definition) is 1. The molecule has 1 aromatic heterocycles. The second-order valence-electron chi connectivity index (χ2n) is 5.69. The van der Waals surface area contributed by atoms with E-state index in [1.165, 1.54) is 17.5 Å². The normalized spacial score (nSPS) is 29.3. The molecule has 0 aliphatic heterocycles. The van der Waals surface area contributed by atoms with Gasteiger partial charge < -0.3 is 5.73 Å². The van der Waals surface area contributed by atoms with Gasteiger partial charge in [-0.25, -0.2) is 0 Å². The minimum atomic E-state index is -0.151. The minimum absolute atomic E-state index is 0.151. The van der Waals surface area contributed by atoms with Gasteiger partial charge in [-0.15, -0.1) is 0 Å². The van der Waals surface area contributed by atoms with Crippen molar-refractivity contribution in [2.45, 2.75) is 45.6 Å². The summed E-state index contributed by atoms with van der Waals surface area (Å²) in [5.74, 6) is 0. The molecular formula is C13H20N2. The van der Waals surface area contributed by atoms with E-state index in [1.807, 2.05) is 12.4 Å². The van der Waals surface area contributed by atoms with Crippen molar-refractivity contribution < 1.29 is 0 Å². The van der Waals surface area contributed by atoms with Crippen LogP contribution in [0.5, 0.6) is 0 Å². The van der Waals surface area contributed by atoms with E-state index in [-0.39, 0.29) is 5.54 Å². The molecule has 0 saturated heterocycles. The van der Waals surface area contributed by atoms with Crippen molar-refractivity contribution in [3.63, 3.8) is 0 Å². The third kappa shape index (κ3) is 1.91. The highest BCUT2D eigenvalue weighted by atomic mass is 14.8. The smallest absolute Gasteiger partial charge is 0.0432 e. The molecule has 2 heteroatoms. The van der Waals surface area contributed by atoms with Crippen LogP contribution in [0.15, 0.2) is 18.5 Å². The molecule has 1 aromatic rings. The lowest BCUT2D eigenvalue weighted by Crippen LogP contribution is -2.35. The third-order valence-corrected chi connectivity index (χ3v) is 3.62. The molecule has 1 fully saturated rings. The molecule has 0 amide bonds. The summed E-state index contributed by atoms with van der Waals surface area (Å²) in [5.41, 5.74) is 9.24. The number of pyridine rings is 1. The van der Waals surface area contributed by atoms with Gasteiger partial charge in [0.25, 0.3) is 0 Å². The first-order valence-electron chi connectivity index (χ1n) is 5.63. The SMILES string of the molecule is Cc1ccncc1C1(N)CCC(C)(C)C1. The summed E-state index contributed by atoms with van der Waals surface area (Å²) >= 11 is 0. The van der Waals surface area contributed by atoms with Crippen molar-refractivity contribution in [2.75, 3.05) is 0 Å². The maximum absolute atomic E-state index is 6.52. The standard InChI is InChI=1S/C13H20N2/c1-10-4-7-15-8-11(10)13(14)6-5-12(2,3)9-13/h4,7-8H,5-6,9,14H2,1-3H3. The molecule has 1 atom stereocenters. The first-order valence-corrected chi connectivity index (χ1v) is 5.63. The highest BCUT2D eigenvalue weighted by Gasteiger charge is 2.42. The Balaban J connectivity index is 2.36. The third-order valence-electron chi connectivity index (χ3n) is 3.62. The molecule has 2 N–H and O–H groups in total. The van der Waals surface area contributed by atoms with Crippen molar-refractivity contribution in [3.05, 3.63) is 29.6 Å². The van der Waals surface area contributed by atoms with Gasteiger partial charge >= 0.3 is 0 Å². The molecule has 1 aliphatic rings. The van der Waals surface area contributed by atoms with Crippen molar-refractivity contribution in [1.29, 1.82) is 0 Å². The topological polar surface area (TPSA) is 38.9 Å². The average Bonchev–Trinajstić information content (AvgIpc) is 2.42. The van der Waals surface area contributed by atoms with E-state index in [0.717, 1.165) is 12.8 Å². The lowest BCUT2D eigenvalue weighted by Gasteiger charge is -2.28. The molecule has 1 saturated carbocycles. The van der Waals surface area contributed by atoms with Crippen LogP contribution in [0.3, 0.4) is 0 Å². The first kappa shape index (κ1) is 10.6. The lowest BCUT2D eigenvalue weighted by atomic mass is 9.83. The van der Waals surface area contributed by atoms with Gasteiger partial charge in [0.1, 0.15) is 0 Å². The van der Waals surface area contributed by atoms with Gasteiger partial charge in [0.15, 0.2) is 0 Å². The molecule has 1 aliphatic carbocycles. The van der Waals surface area contributed by atoms with Crippen LogP contribution < -0.4 is 5.73 Å². The van der Waals surface area contributed by atoms with Crippen LogP contribution in [0.2, 0.25) is 0 Å². The summed E-state index contributed by atoms with van der Waals surface area (Å²) < 4.78 is 0. The van der Waals surface area contributed by atoms with Gasteiger partial charge in [0.05, 0.1) is 0 Å². The number of nitrogens with zero attached hydrogens (tertiary/aromatic N) is 1. The predicted octanol–water partition coefficient (Wildman–Crippen LogP) is 2.75. The molecule has 1 unspecified atom stereocenters. The summed E-state index contributed by atoms with van der Waals surface area (Å²) in [6.45, 7) is 6.72. The quantitative estimate of drug-likeness (QED) is 0.764. The zero-order chi connectivity index (χ0) is 11.1. The molecule has 0 bridgehead atoms. The Morgan fingerprint density at radius 1 is 1.33 bits per heavy atom. The second kappa shape index (κ2) is 3.31. The van der Waals surface area contributed by atoms with Crippen LogP contribution in [0.25, 0.3) is 0 Å². The fraction of sp³-hybridized carbons (Fsp3) is 0.615. The number of aromatic nitrogens is 1. The highest BCUT2D eigenvalue weighted by Crippen LogP contribution is 2.47. The Morgan fingerprint density at radius 2 is 2.07 bits per heavy atom. The maximum atomic E-state index is 6.52. The van der Waals surface area contributed by atoms with Crippen LogP contribution in [-0.4, -0.2) is 4.98 Å². The van der Waals surface area contributed by atoms with Crippen LogP contribution in [-0.2, 0) is 5.54 Å². The highest BCUT2D eigenvalue weighted by molar-refractivity contribution is 5.31. The van der Waals surface area contributed by atoms with E-state index in [1.54, 1.807) is 0 Å². The van der Waals surface area contributed by atoms with Gasteiger partial charge in [0, 0.05) is 17.9 Å². The summed E-state index contributed by atoms with van der Waals surface area (Å²) in [7, 11) is 0. The molecule has 0 aromatic carbocycles. The molecule has 0 radical (unpaired) electrons.